The number of guanidine groups is 1. The third kappa shape index (κ3) is 7.08. The van der Waals surface area contributed by atoms with Crippen LogP contribution in [0.5, 0.6) is 0 Å². The minimum absolute atomic E-state index is 0. The molecule has 1 aromatic rings. The Hall–Kier alpha value is -0.820. The van der Waals surface area contributed by atoms with Gasteiger partial charge in [0.25, 0.3) is 0 Å². The summed E-state index contributed by atoms with van der Waals surface area (Å²) in [7, 11) is 2.18. The molecule has 0 bridgehead atoms. The first-order valence-electron chi connectivity index (χ1n) is 8.46. The highest BCUT2D eigenvalue weighted by molar-refractivity contribution is 14.0. The minimum Gasteiger partial charge on any atom is -0.370 e. The van der Waals surface area contributed by atoms with E-state index < -0.39 is 0 Å². The highest BCUT2D eigenvalue weighted by Gasteiger charge is 2.12. The van der Waals surface area contributed by atoms with Gasteiger partial charge >= 0.3 is 0 Å². The maximum absolute atomic E-state index is 6.10. The predicted octanol–water partition coefficient (Wildman–Crippen LogP) is 3.32. The number of aliphatic imine (C=N–C) groups is 1. The molecule has 1 unspecified atom stereocenters. The van der Waals surface area contributed by atoms with Crippen molar-refractivity contribution in [3.63, 3.8) is 0 Å². The van der Waals surface area contributed by atoms with Gasteiger partial charge in [-0.2, -0.15) is 0 Å². The van der Waals surface area contributed by atoms with E-state index in [4.69, 9.17) is 5.73 Å². The summed E-state index contributed by atoms with van der Waals surface area (Å²) in [6.07, 6.45) is 4.85. The summed E-state index contributed by atoms with van der Waals surface area (Å²) < 4.78 is 0. The second-order valence-corrected chi connectivity index (χ2v) is 6.33. The van der Waals surface area contributed by atoms with Crippen molar-refractivity contribution in [1.29, 1.82) is 0 Å². The van der Waals surface area contributed by atoms with Crippen LogP contribution in [0, 0.1) is 0 Å². The lowest BCUT2D eigenvalue weighted by Crippen LogP contribution is -2.41. The number of likely N-dealkylation sites (tertiary alicyclic amines) is 1. The van der Waals surface area contributed by atoms with Crippen LogP contribution in [0.4, 0.5) is 0 Å². The van der Waals surface area contributed by atoms with Crippen LogP contribution in [0.1, 0.15) is 38.2 Å². The number of rotatable bonds is 6. The summed E-state index contributed by atoms with van der Waals surface area (Å²) in [5.74, 6) is 0.734. The van der Waals surface area contributed by atoms with Crippen LogP contribution in [-0.4, -0.2) is 48.5 Å². The average molecular weight is 430 g/mol. The molecular weight excluding hydrogens is 399 g/mol. The fraction of sp³-hybridized carbons (Fsp3) is 0.611. The van der Waals surface area contributed by atoms with E-state index in [2.05, 4.69) is 59.1 Å². The summed E-state index contributed by atoms with van der Waals surface area (Å²) in [5.41, 5.74) is 7.45. The van der Waals surface area contributed by atoms with E-state index in [0.29, 0.717) is 6.04 Å². The van der Waals surface area contributed by atoms with Crippen molar-refractivity contribution in [3.05, 3.63) is 35.9 Å². The molecular formula is C18H31IN4. The van der Waals surface area contributed by atoms with Gasteiger partial charge in [0.2, 0.25) is 0 Å². The van der Waals surface area contributed by atoms with Crippen LogP contribution in [0.2, 0.25) is 0 Å². The largest absolute Gasteiger partial charge is 0.370 e. The second-order valence-electron chi connectivity index (χ2n) is 6.33. The average Bonchev–Trinajstić information content (AvgIpc) is 2.56. The van der Waals surface area contributed by atoms with Crippen molar-refractivity contribution in [2.75, 3.05) is 26.7 Å². The molecule has 0 aliphatic carbocycles. The van der Waals surface area contributed by atoms with Gasteiger partial charge in [0.1, 0.15) is 0 Å². The molecule has 2 rings (SSSR count). The number of nitrogens with two attached hydrogens (primary N) is 1. The second kappa shape index (κ2) is 10.9. The van der Waals surface area contributed by atoms with Crippen LogP contribution >= 0.6 is 24.0 Å². The van der Waals surface area contributed by atoms with Gasteiger partial charge < -0.3 is 10.6 Å². The maximum Gasteiger partial charge on any atom is 0.191 e. The SMILES string of the molecule is CC(CCN=C(N)N1CCCCC1)N(C)Cc1ccccc1.I. The molecule has 0 saturated carbocycles. The van der Waals surface area contributed by atoms with E-state index in [1.165, 1.54) is 24.8 Å². The molecule has 130 valence electrons. The fourth-order valence-electron chi connectivity index (χ4n) is 2.84. The smallest absolute Gasteiger partial charge is 0.191 e. The Morgan fingerprint density at radius 2 is 1.87 bits per heavy atom. The quantitative estimate of drug-likeness (QED) is 0.428. The van der Waals surface area contributed by atoms with Crippen LogP contribution in [0.3, 0.4) is 0 Å². The standard InChI is InChI=1S/C18H30N4.HI/c1-16(21(2)15-17-9-5-3-6-10-17)11-12-20-18(19)22-13-7-4-8-14-22;/h3,5-6,9-10,16H,4,7-8,11-15H2,1-2H3,(H2,19,20);1H. The first kappa shape index (κ1) is 20.2. The molecule has 1 atom stereocenters. The third-order valence-corrected chi connectivity index (χ3v) is 4.53. The Bertz CT molecular complexity index is 457. The molecule has 1 aromatic carbocycles. The van der Waals surface area contributed by atoms with Gasteiger partial charge in [-0.25, -0.2) is 0 Å². The molecule has 0 radical (unpaired) electrons. The van der Waals surface area contributed by atoms with Gasteiger partial charge in [-0.3, -0.25) is 9.89 Å². The van der Waals surface area contributed by atoms with E-state index in [1.807, 2.05) is 0 Å². The van der Waals surface area contributed by atoms with Gasteiger partial charge in [-0.05, 0) is 45.2 Å². The molecule has 0 amide bonds. The molecule has 5 heteroatoms. The van der Waals surface area contributed by atoms with Crippen molar-refractivity contribution < 1.29 is 0 Å². The topological polar surface area (TPSA) is 44.9 Å². The molecule has 4 nitrogen and oxygen atoms in total. The number of nitrogens with zero attached hydrogens (tertiary/aromatic N) is 3. The molecule has 1 saturated heterocycles. The van der Waals surface area contributed by atoms with Crippen LogP contribution in [-0.2, 0) is 6.54 Å². The molecule has 1 heterocycles. The first-order chi connectivity index (χ1) is 10.7. The predicted molar refractivity (Wildman–Crippen MR) is 109 cm³/mol. The van der Waals surface area contributed by atoms with E-state index in [0.717, 1.165) is 38.6 Å². The molecule has 0 spiro atoms. The van der Waals surface area contributed by atoms with Crippen molar-refractivity contribution in [1.82, 2.24) is 9.80 Å². The number of halogens is 1. The van der Waals surface area contributed by atoms with Gasteiger partial charge in [0, 0.05) is 32.2 Å². The molecule has 2 N–H and O–H groups in total. The van der Waals surface area contributed by atoms with Crippen molar-refractivity contribution in [2.45, 2.75) is 45.2 Å². The number of hydrogen-bond acceptors (Lipinski definition) is 2. The van der Waals surface area contributed by atoms with E-state index >= 15 is 0 Å². The van der Waals surface area contributed by atoms with Crippen molar-refractivity contribution in [2.24, 2.45) is 10.7 Å². The minimum atomic E-state index is 0. The van der Waals surface area contributed by atoms with Crippen molar-refractivity contribution >= 4 is 29.9 Å². The summed E-state index contributed by atoms with van der Waals surface area (Å²) in [5, 5.41) is 0. The Balaban J connectivity index is 0.00000264. The zero-order valence-corrected chi connectivity index (χ0v) is 16.8. The highest BCUT2D eigenvalue weighted by atomic mass is 127. The fourth-order valence-corrected chi connectivity index (χ4v) is 2.84. The molecule has 23 heavy (non-hydrogen) atoms. The van der Waals surface area contributed by atoms with E-state index in [-0.39, 0.29) is 24.0 Å². The van der Waals surface area contributed by atoms with E-state index in [9.17, 15) is 0 Å². The van der Waals surface area contributed by atoms with Gasteiger partial charge in [-0.1, -0.05) is 30.3 Å². The summed E-state index contributed by atoms with van der Waals surface area (Å²) in [6.45, 7) is 6.18. The third-order valence-electron chi connectivity index (χ3n) is 4.53. The Morgan fingerprint density at radius 1 is 1.22 bits per heavy atom. The van der Waals surface area contributed by atoms with Crippen molar-refractivity contribution in [3.8, 4) is 0 Å². The zero-order chi connectivity index (χ0) is 15.8. The Morgan fingerprint density at radius 3 is 2.52 bits per heavy atom. The van der Waals surface area contributed by atoms with Crippen LogP contribution in [0.25, 0.3) is 0 Å². The van der Waals surface area contributed by atoms with Gasteiger partial charge in [0.15, 0.2) is 5.96 Å². The Kier molecular flexibility index (Phi) is 9.55. The number of benzene rings is 1. The van der Waals surface area contributed by atoms with Crippen LogP contribution in [0.15, 0.2) is 35.3 Å². The Labute approximate surface area is 158 Å². The lowest BCUT2D eigenvalue weighted by atomic mass is 10.1. The lowest BCUT2D eigenvalue weighted by molar-refractivity contribution is 0.240. The van der Waals surface area contributed by atoms with Gasteiger partial charge in [-0.15, -0.1) is 24.0 Å². The normalized spacial score (nSPS) is 17.0. The lowest BCUT2D eigenvalue weighted by Gasteiger charge is -2.28. The molecule has 1 fully saturated rings. The van der Waals surface area contributed by atoms with E-state index in [1.54, 1.807) is 0 Å². The first-order valence-corrected chi connectivity index (χ1v) is 8.46. The number of hydrogen-bond donors (Lipinski definition) is 1. The number of piperidine rings is 1. The summed E-state index contributed by atoms with van der Waals surface area (Å²) in [6, 6.07) is 11.1. The maximum atomic E-state index is 6.10. The molecule has 1 aliphatic rings. The molecule has 0 aromatic heterocycles. The zero-order valence-electron chi connectivity index (χ0n) is 14.4. The highest BCUT2D eigenvalue weighted by Crippen LogP contribution is 2.10. The summed E-state index contributed by atoms with van der Waals surface area (Å²) in [4.78, 5) is 9.17. The summed E-state index contributed by atoms with van der Waals surface area (Å²) >= 11 is 0. The van der Waals surface area contributed by atoms with Crippen LogP contribution < -0.4 is 5.73 Å². The van der Waals surface area contributed by atoms with Gasteiger partial charge in [0.05, 0.1) is 0 Å². The monoisotopic (exact) mass is 430 g/mol. The molecule has 1 aliphatic heterocycles.